The van der Waals surface area contributed by atoms with Crippen molar-refractivity contribution in [2.75, 3.05) is 7.11 Å². The van der Waals surface area contributed by atoms with Crippen molar-refractivity contribution in [2.45, 2.75) is 19.7 Å². The third kappa shape index (κ3) is 2.36. The van der Waals surface area contributed by atoms with Crippen LogP contribution >= 0.6 is 0 Å². The Hall–Kier alpha value is -2.02. The van der Waals surface area contributed by atoms with Gasteiger partial charge >= 0.3 is 6.18 Å². The van der Waals surface area contributed by atoms with E-state index in [1.165, 1.54) is 25.3 Å². The molecule has 0 bridgehead atoms. The number of rotatable bonds is 3. The van der Waals surface area contributed by atoms with Gasteiger partial charge in [-0.3, -0.25) is 0 Å². The molecule has 4 nitrogen and oxygen atoms in total. The van der Waals surface area contributed by atoms with Crippen molar-refractivity contribution in [2.24, 2.45) is 0 Å². The maximum Gasteiger partial charge on any atom is 0.418 e. The molecular formula is C13H13F3N2O2. The van der Waals surface area contributed by atoms with Crippen LogP contribution < -0.4 is 4.74 Å². The largest absolute Gasteiger partial charge is 0.481 e. The Morgan fingerprint density at radius 1 is 1.30 bits per heavy atom. The number of hydrogen-bond acceptors (Lipinski definition) is 3. The standard InChI is InChI=1S/C13H13F3N2O2/c1-8-9(7-19)12(20-2)18(17-8)11-6-4-3-5-10(11)13(14,15)16/h3-6,19H,7H2,1-2H3. The van der Waals surface area contributed by atoms with Gasteiger partial charge < -0.3 is 9.84 Å². The molecule has 2 rings (SSSR count). The van der Waals surface area contributed by atoms with Gasteiger partial charge in [-0.1, -0.05) is 12.1 Å². The fourth-order valence-electron chi connectivity index (χ4n) is 1.99. The number of aliphatic hydroxyl groups excluding tert-OH is 1. The van der Waals surface area contributed by atoms with Gasteiger partial charge in [0, 0.05) is 0 Å². The summed E-state index contributed by atoms with van der Waals surface area (Å²) in [5, 5.41) is 13.3. The summed E-state index contributed by atoms with van der Waals surface area (Å²) in [6.07, 6.45) is -4.50. The molecule has 1 aromatic carbocycles. The second kappa shape index (κ2) is 5.16. The number of alkyl halides is 3. The second-order valence-corrected chi connectivity index (χ2v) is 4.16. The molecule has 1 N–H and O–H groups in total. The first-order valence-electron chi connectivity index (χ1n) is 5.80. The monoisotopic (exact) mass is 286 g/mol. The van der Waals surface area contributed by atoms with Crippen LogP contribution in [-0.2, 0) is 12.8 Å². The average molecular weight is 286 g/mol. The van der Waals surface area contributed by atoms with E-state index in [1.54, 1.807) is 6.92 Å². The van der Waals surface area contributed by atoms with E-state index < -0.39 is 11.7 Å². The van der Waals surface area contributed by atoms with Crippen LogP contribution in [0.4, 0.5) is 13.2 Å². The number of benzene rings is 1. The lowest BCUT2D eigenvalue weighted by Gasteiger charge is -2.14. The van der Waals surface area contributed by atoms with Crippen molar-refractivity contribution in [3.63, 3.8) is 0 Å². The Balaban J connectivity index is 2.70. The van der Waals surface area contributed by atoms with E-state index in [-0.39, 0.29) is 18.2 Å². The van der Waals surface area contributed by atoms with Crippen LogP contribution in [0.25, 0.3) is 5.69 Å². The van der Waals surface area contributed by atoms with Gasteiger partial charge in [0.1, 0.15) is 0 Å². The van der Waals surface area contributed by atoms with Crippen LogP contribution in [0.15, 0.2) is 24.3 Å². The van der Waals surface area contributed by atoms with Gasteiger partial charge in [-0.2, -0.15) is 23.0 Å². The topological polar surface area (TPSA) is 47.3 Å². The van der Waals surface area contributed by atoms with Gasteiger partial charge in [0.2, 0.25) is 5.88 Å². The first kappa shape index (κ1) is 14.4. The summed E-state index contributed by atoms with van der Waals surface area (Å²) in [5.41, 5.74) is -0.171. The Bertz CT molecular complexity index is 621. The van der Waals surface area contributed by atoms with Crippen LogP contribution in [0, 0.1) is 6.92 Å². The molecule has 0 aliphatic carbocycles. The summed E-state index contributed by atoms with van der Waals surface area (Å²) >= 11 is 0. The van der Waals surface area contributed by atoms with Crippen LogP contribution in [-0.4, -0.2) is 22.0 Å². The minimum absolute atomic E-state index is 0.0988. The maximum atomic E-state index is 13.0. The van der Waals surface area contributed by atoms with Crippen LogP contribution in [0.3, 0.4) is 0 Å². The average Bonchev–Trinajstić information content (AvgIpc) is 2.73. The summed E-state index contributed by atoms with van der Waals surface area (Å²) in [6, 6.07) is 5.07. The normalized spacial score (nSPS) is 11.7. The molecule has 20 heavy (non-hydrogen) atoms. The van der Waals surface area contributed by atoms with Crippen LogP contribution in [0.1, 0.15) is 16.8 Å². The number of aliphatic hydroxyl groups is 1. The number of nitrogens with zero attached hydrogens (tertiary/aromatic N) is 2. The molecule has 0 aliphatic heterocycles. The minimum atomic E-state index is -4.50. The summed E-state index contributed by atoms with van der Waals surface area (Å²) in [7, 11) is 1.32. The Morgan fingerprint density at radius 3 is 2.50 bits per heavy atom. The van der Waals surface area contributed by atoms with Gasteiger partial charge in [0.15, 0.2) is 0 Å². The predicted molar refractivity (Wildman–Crippen MR) is 65.8 cm³/mol. The molecule has 2 aromatic rings. The maximum absolute atomic E-state index is 13.0. The highest BCUT2D eigenvalue weighted by Gasteiger charge is 2.35. The molecule has 1 aromatic heterocycles. The van der Waals surface area contributed by atoms with Crippen molar-refractivity contribution in [1.29, 1.82) is 0 Å². The Labute approximate surface area is 113 Å². The van der Waals surface area contributed by atoms with E-state index >= 15 is 0 Å². The van der Waals surface area contributed by atoms with Crippen LogP contribution in [0.2, 0.25) is 0 Å². The van der Waals surface area contributed by atoms with Crippen molar-refractivity contribution in [1.82, 2.24) is 9.78 Å². The SMILES string of the molecule is COc1c(CO)c(C)nn1-c1ccccc1C(F)(F)F. The third-order valence-corrected chi connectivity index (χ3v) is 2.93. The van der Waals surface area contributed by atoms with E-state index in [4.69, 9.17) is 4.74 Å². The number of methoxy groups -OCH3 is 1. The molecule has 0 atom stereocenters. The van der Waals surface area contributed by atoms with Gasteiger partial charge in [0.25, 0.3) is 0 Å². The van der Waals surface area contributed by atoms with E-state index in [0.717, 1.165) is 10.7 Å². The van der Waals surface area contributed by atoms with Crippen molar-refractivity contribution < 1.29 is 23.0 Å². The summed E-state index contributed by atoms with van der Waals surface area (Å²) < 4.78 is 45.2. The highest BCUT2D eigenvalue weighted by molar-refractivity contribution is 5.47. The highest BCUT2D eigenvalue weighted by atomic mass is 19.4. The number of ether oxygens (including phenoxy) is 1. The Morgan fingerprint density at radius 2 is 1.95 bits per heavy atom. The zero-order valence-electron chi connectivity index (χ0n) is 10.9. The minimum Gasteiger partial charge on any atom is -0.481 e. The van der Waals surface area contributed by atoms with Crippen molar-refractivity contribution >= 4 is 0 Å². The molecule has 0 fully saturated rings. The quantitative estimate of drug-likeness (QED) is 0.943. The van der Waals surface area contributed by atoms with Gasteiger partial charge in [0.05, 0.1) is 36.2 Å². The lowest BCUT2D eigenvalue weighted by molar-refractivity contribution is -0.137. The second-order valence-electron chi connectivity index (χ2n) is 4.16. The van der Waals surface area contributed by atoms with E-state index in [9.17, 15) is 18.3 Å². The molecule has 0 unspecified atom stereocenters. The fourth-order valence-corrected chi connectivity index (χ4v) is 1.99. The zero-order valence-corrected chi connectivity index (χ0v) is 10.9. The fraction of sp³-hybridized carbons (Fsp3) is 0.308. The highest BCUT2D eigenvalue weighted by Crippen LogP contribution is 2.36. The van der Waals surface area contributed by atoms with Crippen molar-refractivity contribution in [3.8, 4) is 11.6 Å². The predicted octanol–water partition coefficient (Wildman–Crippen LogP) is 2.70. The number of hydrogen-bond donors (Lipinski definition) is 1. The zero-order chi connectivity index (χ0) is 14.9. The molecule has 1 heterocycles. The van der Waals surface area contributed by atoms with E-state index in [2.05, 4.69) is 5.10 Å². The third-order valence-electron chi connectivity index (χ3n) is 2.93. The smallest absolute Gasteiger partial charge is 0.418 e. The molecule has 108 valence electrons. The van der Waals surface area contributed by atoms with Gasteiger partial charge in [-0.15, -0.1) is 0 Å². The lowest BCUT2D eigenvalue weighted by Crippen LogP contribution is -2.12. The van der Waals surface area contributed by atoms with Crippen LogP contribution in [0.5, 0.6) is 5.88 Å². The molecule has 0 radical (unpaired) electrons. The Kier molecular flexibility index (Phi) is 3.71. The lowest BCUT2D eigenvalue weighted by atomic mass is 10.1. The number of para-hydroxylation sites is 1. The molecule has 7 heteroatoms. The number of halogens is 3. The van der Waals surface area contributed by atoms with Gasteiger partial charge in [-0.05, 0) is 19.1 Å². The molecule has 0 aliphatic rings. The molecule has 0 spiro atoms. The molecular weight excluding hydrogens is 273 g/mol. The van der Waals surface area contributed by atoms with Gasteiger partial charge in [-0.25, -0.2) is 0 Å². The van der Waals surface area contributed by atoms with Crippen molar-refractivity contribution in [3.05, 3.63) is 41.1 Å². The number of aryl methyl sites for hydroxylation is 1. The van der Waals surface area contributed by atoms with E-state index in [0.29, 0.717) is 11.3 Å². The summed E-state index contributed by atoms with van der Waals surface area (Å²) in [6.45, 7) is 1.24. The summed E-state index contributed by atoms with van der Waals surface area (Å²) in [5.74, 6) is 0.0988. The molecule has 0 amide bonds. The molecule has 0 saturated carbocycles. The molecule has 0 saturated heterocycles. The first-order chi connectivity index (χ1) is 9.40. The summed E-state index contributed by atoms with van der Waals surface area (Å²) in [4.78, 5) is 0. The first-order valence-corrected chi connectivity index (χ1v) is 5.80. The van der Waals surface area contributed by atoms with E-state index in [1.807, 2.05) is 0 Å². The number of aromatic nitrogens is 2.